The van der Waals surface area contributed by atoms with Crippen molar-refractivity contribution in [2.24, 2.45) is 0 Å². The van der Waals surface area contributed by atoms with Gasteiger partial charge in [0.05, 0.1) is 12.1 Å². The summed E-state index contributed by atoms with van der Waals surface area (Å²) in [4.78, 5) is 14.3. The number of carbonyl (C=O) groups excluding carboxylic acids is 1. The highest BCUT2D eigenvalue weighted by atomic mass is 35.5. The van der Waals surface area contributed by atoms with E-state index in [2.05, 4.69) is 16.7 Å². The molecular weight excluding hydrogens is 383 g/mol. The topological polar surface area (TPSA) is 68.2 Å². The average Bonchev–Trinajstić information content (AvgIpc) is 3.23. The minimum absolute atomic E-state index is 0. The Morgan fingerprint density at radius 1 is 1.36 bits per heavy atom. The molecule has 0 bridgehead atoms. The molecule has 1 amide bonds. The molecule has 0 radical (unpaired) electrons. The third-order valence-electron chi connectivity index (χ3n) is 4.62. The number of nitrogens with one attached hydrogen (secondary N) is 2. The van der Waals surface area contributed by atoms with Gasteiger partial charge in [-0.3, -0.25) is 4.79 Å². The van der Waals surface area contributed by atoms with Crippen molar-refractivity contribution in [2.75, 3.05) is 13.1 Å². The van der Waals surface area contributed by atoms with E-state index >= 15 is 0 Å². The summed E-state index contributed by atoms with van der Waals surface area (Å²) in [6.45, 7) is 2.24. The number of rotatable bonds is 4. The van der Waals surface area contributed by atoms with Crippen LogP contribution in [0, 0.1) is 11.3 Å². The minimum atomic E-state index is -0.245. The summed E-state index contributed by atoms with van der Waals surface area (Å²) in [7, 11) is 0. The van der Waals surface area contributed by atoms with Crippen molar-refractivity contribution >= 4 is 42.3 Å². The molecule has 2 aliphatic heterocycles. The van der Waals surface area contributed by atoms with E-state index in [1.165, 1.54) is 5.56 Å². The molecule has 3 atom stereocenters. The second kappa shape index (κ2) is 10.2. The molecule has 2 heterocycles. The Bertz CT molecular complexity index is 605. The van der Waals surface area contributed by atoms with Gasteiger partial charge in [0.15, 0.2) is 0 Å². The zero-order valence-electron chi connectivity index (χ0n) is 13.8. The van der Waals surface area contributed by atoms with Crippen LogP contribution in [0.5, 0.6) is 0 Å². The first kappa shape index (κ1) is 22.0. The molecule has 2 N–H and O–H groups in total. The van der Waals surface area contributed by atoms with Crippen LogP contribution < -0.4 is 10.6 Å². The quantitative estimate of drug-likeness (QED) is 0.807. The fourth-order valence-corrected chi connectivity index (χ4v) is 3.43. The van der Waals surface area contributed by atoms with Crippen LogP contribution in [0.4, 0.5) is 0 Å². The molecule has 5 nitrogen and oxygen atoms in total. The van der Waals surface area contributed by atoms with Gasteiger partial charge < -0.3 is 15.5 Å². The lowest BCUT2D eigenvalue weighted by Crippen LogP contribution is -2.45. The van der Waals surface area contributed by atoms with Crippen molar-refractivity contribution in [2.45, 2.75) is 43.9 Å². The van der Waals surface area contributed by atoms with Crippen LogP contribution >= 0.6 is 36.4 Å². The highest BCUT2D eigenvalue weighted by molar-refractivity contribution is 6.30. The first-order chi connectivity index (χ1) is 11.2. The molecule has 1 aromatic carbocycles. The summed E-state index contributed by atoms with van der Waals surface area (Å²) < 4.78 is 0. The highest BCUT2D eigenvalue weighted by Gasteiger charge is 2.36. The molecule has 0 aromatic heterocycles. The van der Waals surface area contributed by atoms with E-state index in [1.54, 1.807) is 4.90 Å². The number of benzene rings is 1. The monoisotopic (exact) mass is 404 g/mol. The second-order valence-corrected chi connectivity index (χ2v) is 6.66. The number of hydrogen-bond acceptors (Lipinski definition) is 4. The fraction of sp³-hybridized carbons (Fsp3) is 0.529. The lowest BCUT2D eigenvalue weighted by molar-refractivity contribution is -0.133. The van der Waals surface area contributed by atoms with Gasteiger partial charge in [0.25, 0.3) is 0 Å². The number of halogens is 3. The zero-order valence-corrected chi connectivity index (χ0v) is 16.2. The van der Waals surface area contributed by atoms with Crippen LogP contribution in [0.25, 0.3) is 0 Å². The summed E-state index contributed by atoms with van der Waals surface area (Å²) in [5, 5.41) is 16.6. The summed E-state index contributed by atoms with van der Waals surface area (Å²) >= 11 is 5.88. The Hall–Kier alpha value is -1.03. The van der Waals surface area contributed by atoms with Gasteiger partial charge in [0.2, 0.25) is 5.91 Å². The number of amides is 1. The predicted octanol–water partition coefficient (Wildman–Crippen LogP) is 2.52. The smallest absolute Gasteiger partial charge is 0.240 e. The van der Waals surface area contributed by atoms with E-state index < -0.39 is 0 Å². The number of nitrogens with zero attached hydrogens (tertiary/aromatic N) is 2. The molecule has 1 unspecified atom stereocenters. The molecule has 2 aliphatic rings. The number of likely N-dealkylation sites (tertiary alicyclic amines) is 1. The Morgan fingerprint density at radius 2 is 2.08 bits per heavy atom. The van der Waals surface area contributed by atoms with Crippen molar-refractivity contribution in [3.05, 3.63) is 34.9 Å². The minimum Gasteiger partial charge on any atom is -0.325 e. The van der Waals surface area contributed by atoms with Gasteiger partial charge in [-0.15, -0.1) is 24.8 Å². The van der Waals surface area contributed by atoms with Crippen LogP contribution in [-0.4, -0.2) is 42.0 Å². The molecule has 8 heteroatoms. The Labute approximate surface area is 165 Å². The Kier molecular flexibility index (Phi) is 8.98. The van der Waals surface area contributed by atoms with Crippen molar-refractivity contribution < 1.29 is 4.79 Å². The fourth-order valence-electron chi connectivity index (χ4n) is 3.31. The number of carbonyl (C=O) groups is 1. The van der Waals surface area contributed by atoms with Gasteiger partial charge in [-0.25, -0.2) is 0 Å². The third-order valence-corrected chi connectivity index (χ3v) is 4.87. The summed E-state index contributed by atoms with van der Waals surface area (Å²) in [6, 6.07) is 9.85. The Balaban J connectivity index is 0.00000156. The van der Waals surface area contributed by atoms with Gasteiger partial charge in [0.1, 0.15) is 6.04 Å². The molecule has 2 saturated heterocycles. The van der Waals surface area contributed by atoms with Crippen LogP contribution in [0.15, 0.2) is 24.3 Å². The average molecular weight is 406 g/mol. The molecule has 2 fully saturated rings. The molecule has 138 valence electrons. The normalized spacial score (nSPS) is 25.0. The molecule has 3 rings (SSSR count). The molecule has 0 aliphatic carbocycles. The highest BCUT2D eigenvalue weighted by Crippen LogP contribution is 2.20. The second-order valence-electron chi connectivity index (χ2n) is 6.22. The van der Waals surface area contributed by atoms with E-state index in [1.807, 2.05) is 24.3 Å². The standard InChI is InChI=1S/C17H21ClN4O.2ClH/c18-13-5-3-12(4-6-13)10-20-14-8-16(21-11-14)17(23)22-7-1-2-15(22)9-19;;/h3-6,14-16,20-21H,1-2,7-8,10-11H2;2*1H/t14-,15?,16-;;/m0../s1. The van der Waals surface area contributed by atoms with E-state index in [0.717, 1.165) is 37.4 Å². The van der Waals surface area contributed by atoms with Gasteiger partial charge in [0, 0.05) is 30.7 Å². The first-order valence-electron chi connectivity index (χ1n) is 8.08. The van der Waals surface area contributed by atoms with Crippen LogP contribution in [0.2, 0.25) is 5.02 Å². The van der Waals surface area contributed by atoms with Crippen molar-refractivity contribution in [3.63, 3.8) is 0 Å². The molecule has 1 aromatic rings. The zero-order chi connectivity index (χ0) is 16.2. The first-order valence-corrected chi connectivity index (χ1v) is 8.46. The number of nitriles is 1. The van der Waals surface area contributed by atoms with Crippen LogP contribution in [0.1, 0.15) is 24.8 Å². The predicted molar refractivity (Wildman–Crippen MR) is 103 cm³/mol. The Morgan fingerprint density at radius 3 is 2.76 bits per heavy atom. The van der Waals surface area contributed by atoms with Gasteiger partial charge in [-0.05, 0) is 37.0 Å². The van der Waals surface area contributed by atoms with Crippen molar-refractivity contribution in [1.82, 2.24) is 15.5 Å². The largest absolute Gasteiger partial charge is 0.325 e. The number of hydrogen-bond donors (Lipinski definition) is 2. The molecule has 25 heavy (non-hydrogen) atoms. The van der Waals surface area contributed by atoms with Crippen molar-refractivity contribution in [3.8, 4) is 6.07 Å². The third kappa shape index (κ3) is 5.47. The molecular formula is C17H23Cl3N4O. The van der Waals surface area contributed by atoms with E-state index in [9.17, 15) is 4.79 Å². The van der Waals surface area contributed by atoms with E-state index in [4.69, 9.17) is 16.9 Å². The van der Waals surface area contributed by atoms with E-state index in [0.29, 0.717) is 6.54 Å². The SMILES string of the molecule is Cl.Cl.N#CC1CCCN1C(=O)[C@@H]1C[C@H](NCc2ccc(Cl)cc2)CN1. The molecule has 0 saturated carbocycles. The summed E-state index contributed by atoms with van der Waals surface area (Å²) in [5.74, 6) is 0.0739. The van der Waals surface area contributed by atoms with Gasteiger partial charge >= 0.3 is 0 Å². The van der Waals surface area contributed by atoms with Gasteiger partial charge in [-0.2, -0.15) is 5.26 Å². The lowest BCUT2D eigenvalue weighted by Gasteiger charge is -2.23. The van der Waals surface area contributed by atoms with Crippen LogP contribution in [-0.2, 0) is 11.3 Å². The van der Waals surface area contributed by atoms with Crippen molar-refractivity contribution in [1.29, 1.82) is 5.26 Å². The maximum atomic E-state index is 12.5. The summed E-state index contributed by atoms with van der Waals surface area (Å²) in [5.41, 5.74) is 1.17. The summed E-state index contributed by atoms with van der Waals surface area (Å²) in [6.07, 6.45) is 2.49. The van der Waals surface area contributed by atoms with Crippen LogP contribution in [0.3, 0.4) is 0 Å². The maximum absolute atomic E-state index is 12.5. The van der Waals surface area contributed by atoms with E-state index in [-0.39, 0.29) is 48.8 Å². The van der Waals surface area contributed by atoms with Gasteiger partial charge in [-0.1, -0.05) is 23.7 Å². The lowest BCUT2D eigenvalue weighted by atomic mass is 10.1. The maximum Gasteiger partial charge on any atom is 0.240 e. The molecule has 0 spiro atoms.